The van der Waals surface area contributed by atoms with Crippen LogP contribution in [0.15, 0.2) is 24.4 Å². The van der Waals surface area contributed by atoms with E-state index in [1.54, 1.807) is 6.20 Å². The van der Waals surface area contributed by atoms with Crippen LogP contribution in [-0.2, 0) is 4.74 Å². The van der Waals surface area contributed by atoms with Crippen molar-refractivity contribution >= 4 is 43.5 Å². The molecule has 0 radical (unpaired) electrons. The summed E-state index contributed by atoms with van der Waals surface area (Å²) in [4.78, 5) is 19.0. The molecule has 0 spiro atoms. The summed E-state index contributed by atoms with van der Waals surface area (Å²) in [6.07, 6.45) is 3.60. The van der Waals surface area contributed by atoms with Gasteiger partial charge in [-0.3, -0.25) is 14.8 Å². The zero-order chi connectivity index (χ0) is 17.2. The minimum absolute atomic E-state index is 0.260. The number of thiazole rings is 1. The van der Waals surface area contributed by atoms with E-state index in [1.807, 2.05) is 18.2 Å². The first-order valence-corrected chi connectivity index (χ1v) is 8.83. The van der Waals surface area contributed by atoms with Crippen LogP contribution in [0.25, 0.3) is 21.1 Å². The van der Waals surface area contributed by atoms with Gasteiger partial charge in [0.15, 0.2) is 10.8 Å². The number of H-pyrrole nitrogens is 1. The number of carbonyl (C=O) groups is 1. The van der Waals surface area contributed by atoms with Crippen molar-refractivity contribution in [1.82, 2.24) is 25.4 Å². The number of nitrogens with two attached hydrogens (primary N) is 1. The Morgan fingerprint density at radius 1 is 1.44 bits per heavy atom. The summed E-state index contributed by atoms with van der Waals surface area (Å²) in [7, 11) is 0. The van der Waals surface area contributed by atoms with Crippen LogP contribution in [-0.4, -0.2) is 58.8 Å². The van der Waals surface area contributed by atoms with E-state index >= 15 is 0 Å². The Hall–Kier alpha value is -2.49. The first-order valence-electron chi connectivity index (χ1n) is 8.01. The lowest BCUT2D eigenvalue weighted by Crippen LogP contribution is -2.36. The second-order valence-electron chi connectivity index (χ2n) is 5.75. The van der Waals surface area contributed by atoms with Gasteiger partial charge in [0.2, 0.25) is 0 Å². The Balaban J connectivity index is 1.51. The molecule has 8 nitrogen and oxygen atoms in total. The Morgan fingerprint density at radius 3 is 3.12 bits per heavy atom. The molecule has 1 aromatic carbocycles. The van der Waals surface area contributed by atoms with E-state index in [9.17, 15) is 4.79 Å². The number of aromatic amines is 1. The third-order valence-corrected chi connectivity index (χ3v) is 5.03. The molecule has 130 valence electrons. The summed E-state index contributed by atoms with van der Waals surface area (Å²) >= 11 is 1.36. The van der Waals surface area contributed by atoms with Crippen LogP contribution in [0.5, 0.6) is 0 Å². The van der Waals surface area contributed by atoms with Gasteiger partial charge in [-0.25, -0.2) is 4.98 Å². The maximum atomic E-state index is 12.5. The molecular formula is C16H18N6O2S. The Labute approximate surface area is 147 Å². The third-order valence-electron chi connectivity index (χ3n) is 4.11. The lowest BCUT2D eigenvalue weighted by molar-refractivity contribution is 0.0434. The fraction of sp³-hybridized carbons (Fsp3) is 0.312. The van der Waals surface area contributed by atoms with Gasteiger partial charge in [-0.05, 0) is 12.1 Å². The maximum Gasteiger partial charge on any atom is 0.276 e. The molecule has 0 bridgehead atoms. The van der Waals surface area contributed by atoms with Crippen molar-refractivity contribution in [2.75, 3.05) is 38.6 Å². The first-order chi connectivity index (χ1) is 12.2. The van der Waals surface area contributed by atoms with Gasteiger partial charge < -0.3 is 15.8 Å². The van der Waals surface area contributed by atoms with Crippen LogP contribution in [0.2, 0.25) is 0 Å². The minimum Gasteiger partial charge on any atom is -0.379 e. The van der Waals surface area contributed by atoms with Gasteiger partial charge in [-0.2, -0.15) is 5.10 Å². The largest absolute Gasteiger partial charge is 0.379 e. The fourth-order valence-corrected chi connectivity index (χ4v) is 3.74. The molecule has 1 saturated heterocycles. The lowest BCUT2D eigenvalue weighted by Gasteiger charge is -2.24. The molecule has 0 atom stereocenters. The molecule has 1 aliphatic rings. The minimum atomic E-state index is -0.260. The van der Waals surface area contributed by atoms with Crippen molar-refractivity contribution in [3.63, 3.8) is 0 Å². The summed E-state index contributed by atoms with van der Waals surface area (Å²) in [6.45, 7) is 4.11. The first kappa shape index (κ1) is 16.0. The topological polar surface area (TPSA) is 109 Å². The quantitative estimate of drug-likeness (QED) is 0.649. The molecule has 3 heterocycles. The van der Waals surface area contributed by atoms with Gasteiger partial charge in [-0.1, -0.05) is 17.4 Å². The highest BCUT2D eigenvalue weighted by Gasteiger charge is 2.17. The van der Waals surface area contributed by atoms with E-state index in [1.165, 1.54) is 11.3 Å². The van der Waals surface area contributed by atoms with Gasteiger partial charge in [0.05, 0.1) is 34.3 Å². The highest BCUT2D eigenvalue weighted by Crippen LogP contribution is 2.32. The second kappa shape index (κ2) is 6.79. The van der Waals surface area contributed by atoms with E-state index in [-0.39, 0.29) is 5.91 Å². The van der Waals surface area contributed by atoms with Crippen LogP contribution in [0.3, 0.4) is 0 Å². The summed E-state index contributed by atoms with van der Waals surface area (Å²) in [5.41, 5.74) is 7.71. The van der Waals surface area contributed by atoms with E-state index in [2.05, 4.69) is 25.4 Å². The molecule has 0 unspecified atom stereocenters. The molecule has 9 heteroatoms. The zero-order valence-corrected chi connectivity index (χ0v) is 14.3. The monoisotopic (exact) mass is 358 g/mol. The normalized spacial score (nSPS) is 16.2. The number of nitrogens with zero attached hydrogens (tertiary/aromatic N) is 3. The number of nitrogens with one attached hydrogen (secondary N) is 2. The van der Waals surface area contributed by atoms with Gasteiger partial charge >= 0.3 is 0 Å². The van der Waals surface area contributed by atoms with E-state index < -0.39 is 0 Å². The highest BCUT2D eigenvalue weighted by atomic mass is 32.1. The second-order valence-corrected chi connectivity index (χ2v) is 6.78. The van der Waals surface area contributed by atoms with Crippen LogP contribution in [0.4, 0.5) is 5.13 Å². The molecular weight excluding hydrogens is 340 g/mol. The molecule has 0 aliphatic carbocycles. The smallest absolute Gasteiger partial charge is 0.276 e. The standard InChI is InChI=1S/C16H18N6O2S/c17-16-19-11-3-2-10-12(14(11)25-16)13(21-20-10)15(23)18-4-1-5-22-6-8-24-9-7-22/h1-4H,5-9H2,(H2,17,19)(H,18,23)(H,20,21)/b4-1+. The number of anilines is 1. The molecule has 1 fully saturated rings. The number of fused-ring (bicyclic) bond motifs is 3. The maximum absolute atomic E-state index is 12.5. The molecule has 4 N–H and O–H groups in total. The average Bonchev–Trinajstić information content (AvgIpc) is 3.21. The van der Waals surface area contributed by atoms with E-state index in [4.69, 9.17) is 10.5 Å². The van der Waals surface area contributed by atoms with Gasteiger partial charge in [0, 0.05) is 25.8 Å². The summed E-state index contributed by atoms with van der Waals surface area (Å²) in [5, 5.41) is 11.1. The van der Waals surface area contributed by atoms with Gasteiger partial charge in [-0.15, -0.1) is 0 Å². The number of hydrogen-bond donors (Lipinski definition) is 3. The molecule has 0 saturated carbocycles. The molecule has 1 aliphatic heterocycles. The Bertz CT molecular complexity index is 941. The summed E-state index contributed by atoms with van der Waals surface area (Å²) in [5.74, 6) is -0.260. The van der Waals surface area contributed by atoms with Crippen molar-refractivity contribution in [1.29, 1.82) is 0 Å². The lowest BCUT2D eigenvalue weighted by atomic mass is 10.2. The Morgan fingerprint density at radius 2 is 2.28 bits per heavy atom. The number of ether oxygens (including phenoxy) is 1. The zero-order valence-electron chi connectivity index (χ0n) is 13.5. The van der Waals surface area contributed by atoms with Crippen molar-refractivity contribution in [3.05, 3.63) is 30.1 Å². The molecule has 2 aromatic heterocycles. The SMILES string of the molecule is Nc1nc2ccc3[nH]nc(C(=O)N/C=C/CN4CCOCC4)c3c2s1. The van der Waals surface area contributed by atoms with Crippen molar-refractivity contribution in [2.45, 2.75) is 0 Å². The van der Waals surface area contributed by atoms with Gasteiger partial charge in [0.25, 0.3) is 5.91 Å². The van der Waals surface area contributed by atoms with Crippen LogP contribution in [0.1, 0.15) is 10.5 Å². The number of aromatic nitrogens is 3. The van der Waals surface area contributed by atoms with E-state index in [0.717, 1.165) is 54.0 Å². The predicted octanol–water partition coefficient (Wildman–Crippen LogP) is 1.33. The summed E-state index contributed by atoms with van der Waals surface area (Å²) < 4.78 is 6.18. The number of carbonyl (C=O) groups excluding carboxylic acids is 1. The predicted molar refractivity (Wildman–Crippen MR) is 97.5 cm³/mol. The fourth-order valence-electron chi connectivity index (χ4n) is 2.86. The average molecular weight is 358 g/mol. The van der Waals surface area contributed by atoms with Crippen molar-refractivity contribution in [3.8, 4) is 0 Å². The van der Waals surface area contributed by atoms with Crippen molar-refractivity contribution < 1.29 is 9.53 Å². The van der Waals surface area contributed by atoms with Crippen LogP contribution in [0, 0.1) is 0 Å². The Kier molecular flexibility index (Phi) is 4.35. The van der Waals surface area contributed by atoms with Crippen molar-refractivity contribution in [2.24, 2.45) is 0 Å². The van der Waals surface area contributed by atoms with Crippen LogP contribution >= 0.6 is 11.3 Å². The number of amides is 1. The molecule has 4 rings (SSSR count). The number of benzene rings is 1. The van der Waals surface area contributed by atoms with E-state index in [0.29, 0.717) is 10.8 Å². The highest BCUT2D eigenvalue weighted by molar-refractivity contribution is 7.23. The molecule has 3 aromatic rings. The number of rotatable bonds is 4. The number of morpholine rings is 1. The summed E-state index contributed by atoms with van der Waals surface area (Å²) in [6, 6.07) is 3.72. The van der Waals surface area contributed by atoms with Gasteiger partial charge in [0.1, 0.15) is 0 Å². The van der Waals surface area contributed by atoms with Crippen LogP contribution < -0.4 is 11.1 Å². The number of nitrogen functional groups attached to an aromatic ring is 1. The molecule has 1 amide bonds. The third kappa shape index (κ3) is 3.21. The molecule has 25 heavy (non-hydrogen) atoms. The number of hydrogen-bond acceptors (Lipinski definition) is 7.